The molecule has 0 unspecified atom stereocenters. The molecule has 0 radical (unpaired) electrons. The van der Waals surface area contributed by atoms with Crippen molar-refractivity contribution < 1.29 is 50.8 Å². The van der Waals surface area contributed by atoms with Crippen LogP contribution in [0.25, 0.3) is 0 Å². The van der Waals surface area contributed by atoms with Crippen molar-refractivity contribution in [1.82, 2.24) is 0 Å². The summed E-state index contributed by atoms with van der Waals surface area (Å²) in [6, 6.07) is 3.24. The molecule has 27 heavy (non-hydrogen) atoms. The van der Waals surface area contributed by atoms with Crippen LogP contribution in [0, 0.1) is 0 Å². The molecule has 1 aromatic carbocycles. The second-order valence-corrected chi connectivity index (χ2v) is 6.23. The third kappa shape index (κ3) is 10.9. The van der Waals surface area contributed by atoms with Crippen LogP contribution in [0.3, 0.4) is 0 Å². The summed E-state index contributed by atoms with van der Waals surface area (Å²) in [5.74, 6) is -2.31. The molecule has 0 saturated carbocycles. The maximum Gasteiger partial charge on any atom is 1.00 e. The number of nitrogens with two attached hydrogens (primary N) is 2. The summed E-state index contributed by atoms with van der Waals surface area (Å²) in [5, 5.41) is 18.7. The molecule has 0 aliphatic heterocycles. The van der Waals surface area contributed by atoms with Crippen LogP contribution in [0.2, 0.25) is 0 Å². The molecular weight excluding hydrogens is 355 g/mol. The van der Waals surface area contributed by atoms with Crippen LogP contribution in [0.4, 0.5) is 0 Å². The van der Waals surface area contributed by atoms with E-state index in [9.17, 15) is 19.8 Å². The molecule has 0 aromatic heterocycles. The Morgan fingerprint density at radius 2 is 1.41 bits per heavy atom. The molecule has 0 spiro atoms. The van der Waals surface area contributed by atoms with Crippen molar-refractivity contribution in [2.24, 2.45) is 11.5 Å². The maximum atomic E-state index is 11.6. The largest absolute Gasteiger partial charge is 1.00 e. The van der Waals surface area contributed by atoms with E-state index in [4.69, 9.17) is 11.5 Å². The second-order valence-electron chi connectivity index (χ2n) is 6.23. The first-order valence-electron chi connectivity index (χ1n) is 9.45. The SMILES string of the molecule is CCCCCc1ccc(C(=O)O)c(C(=O)O)c1CCCCC.NCCN.[H-].[Na+]. The minimum Gasteiger partial charge on any atom is -1.00 e. The van der Waals surface area contributed by atoms with Crippen LogP contribution < -0.4 is 41.0 Å². The second kappa shape index (κ2) is 17.2. The van der Waals surface area contributed by atoms with Crippen LogP contribution in [-0.4, -0.2) is 35.2 Å². The van der Waals surface area contributed by atoms with Gasteiger partial charge >= 0.3 is 41.5 Å². The molecule has 0 aliphatic carbocycles. The maximum absolute atomic E-state index is 11.6. The van der Waals surface area contributed by atoms with Crippen molar-refractivity contribution >= 4 is 11.9 Å². The first-order valence-corrected chi connectivity index (χ1v) is 9.45. The Balaban J connectivity index is -0.000000948. The number of carboxylic acid groups (broad SMARTS) is 2. The Labute approximate surface area is 186 Å². The molecule has 0 heterocycles. The third-order valence-electron chi connectivity index (χ3n) is 4.10. The minimum absolute atomic E-state index is 0. The van der Waals surface area contributed by atoms with Crippen molar-refractivity contribution in [3.05, 3.63) is 34.4 Å². The monoisotopic (exact) mass is 390 g/mol. The Morgan fingerprint density at radius 3 is 1.81 bits per heavy atom. The van der Waals surface area contributed by atoms with E-state index in [1.54, 1.807) is 6.07 Å². The van der Waals surface area contributed by atoms with Crippen LogP contribution >= 0.6 is 0 Å². The van der Waals surface area contributed by atoms with Crippen LogP contribution in [0.1, 0.15) is 85.6 Å². The van der Waals surface area contributed by atoms with E-state index in [-0.39, 0.29) is 42.1 Å². The van der Waals surface area contributed by atoms with Gasteiger partial charge in [-0.2, -0.15) is 0 Å². The average Bonchev–Trinajstić information content (AvgIpc) is 2.62. The van der Waals surface area contributed by atoms with Crippen molar-refractivity contribution in [3.8, 4) is 0 Å². The molecule has 0 saturated heterocycles. The number of carboxylic acids is 2. The van der Waals surface area contributed by atoms with Gasteiger partial charge in [0.05, 0.1) is 11.1 Å². The molecule has 1 aromatic rings. The number of aromatic carboxylic acids is 2. The van der Waals surface area contributed by atoms with E-state index in [1.165, 1.54) is 6.07 Å². The predicted molar refractivity (Wildman–Crippen MR) is 106 cm³/mol. The van der Waals surface area contributed by atoms with Gasteiger partial charge in [-0.1, -0.05) is 45.6 Å². The zero-order valence-electron chi connectivity index (χ0n) is 18.1. The summed E-state index contributed by atoms with van der Waals surface area (Å²) in [7, 11) is 0. The molecular formula is C20H35N2NaO4. The average molecular weight is 391 g/mol. The predicted octanol–water partition coefficient (Wildman–Crippen LogP) is 0.569. The molecule has 0 atom stereocenters. The van der Waals surface area contributed by atoms with Crippen LogP contribution in [-0.2, 0) is 12.8 Å². The molecule has 0 aliphatic rings. The zero-order valence-corrected chi connectivity index (χ0v) is 19.1. The summed E-state index contributed by atoms with van der Waals surface area (Å²) in [5.41, 5.74) is 11.4. The third-order valence-corrected chi connectivity index (χ3v) is 4.10. The number of hydrogen-bond acceptors (Lipinski definition) is 4. The number of unbranched alkanes of at least 4 members (excludes halogenated alkanes) is 4. The smallest absolute Gasteiger partial charge is 1.00 e. The van der Waals surface area contributed by atoms with E-state index >= 15 is 0 Å². The van der Waals surface area contributed by atoms with Gasteiger partial charge in [-0.15, -0.1) is 0 Å². The van der Waals surface area contributed by atoms with Gasteiger partial charge in [0.25, 0.3) is 0 Å². The molecule has 6 nitrogen and oxygen atoms in total. The Hall–Kier alpha value is -0.920. The van der Waals surface area contributed by atoms with Gasteiger partial charge in [0.2, 0.25) is 0 Å². The molecule has 0 fully saturated rings. The first kappa shape index (κ1) is 28.3. The summed E-state index contributed by atoms with van der Waals surface area (Å²) >= 11 is 0. The van der Waals surface area contributed by atoms with Crippen molar-refractivity contribution in [2.45, 2.75) is 65.2 Å². The van der Waals surface area contributed by atoms with E-state index in [2.05, 4.69) is 13.8 Å². The van der Waals surface area contributed by atoms with Crippen molar-refractivity contribution in [3.63, 3.8) is 0 Å². The number of rotatable bonds is 11. The molecule has 150 valence electrons. The van der Waals surface area contributed by atoms with Gasteiger partial charge in [-0.25, -0.2) is 9.59 Å². The molecule has 7 heteroatoms. The number of hydrogen-bond donors (Lipinski definition) is 4. The van der Waals surface area contributed by atoms with Gasteiger partial charge in [0, 0.05) is 13.1 Å². The molecule has 1 rings (SSSR count). The van der Waals surface area contributed by atoms with Crippen molar-refractivity contribution in [2.75, 3.05) is 13.1 Å². The fraction of sp³-hybridized carbons (Fsp3) is 0.600. The number of aryl methyl sites for hydroxylation is 1. The quantitative estimate of drug-likeness (QED) is 0.323. The van der Waals surface area contributed by atoms with Crippen LogP contribution in [0.5, 0.6) is 0 Å². The van der Waals surface area contributed by atoms with Gasteiger partial charge in [-0.05, 0) is 42.9 Å². The normalized spacial score (nSPS) is 9.78. The zero-order chi connectivity index (χ0) is 19.9. The van der Waals surface area contributed by atoms with Gasteiger partial charge in [0.1, 0.15) is 0 Å². The van der Waals surface area contributed by atoms with Gasteiger partial charge in [-0.3, -0.25) is 0 Å². The standard InChI is InChI=1S/C18H26O4.C2H8N2.Na.H/c1-3-5-7-9-13-11-12-15(17(19)20)16(18(21)22)14(13)10-8-6-4-2;3-1-2-4;;/h11-12H,3-10H2,1-2H3,(H,19,20)(H,21,22);1-4H2;;/q;;+1;-1. The fourth-order valence-corrected chi connectivity index (χ4v) is 2.75. The Bertz CT molecular complexity index is 569. The molecule has 6 N–H and O–H groups in total. The van der Waals surface area contributed by atoms with Crippen LogP contribution in [0.15, 0.2) is 12.1 Å². The minimum atomic E-state index is -1.17. The summed E-state index contributed by atoms with van der Waals surface area (Å²) in [4.78, 5) is 22.9. The molecule has 0 bridgehead atoms. The van der Waals surface area contributed by atoms with E-state index in [1.807, 2.05) is 0 Å². The van der Waals surface area contributed by atoms with Gasteiger partial charge in [0.15, 0.2) is 0 Å². The summed E-state index contributed by atoms with van der Waals surface area (Å²) in [6.07, 6.45) is 7.61. The van der Waals surface area contributed by atoms with Crippen molar-refractivity contribution in [1.29, 1.82) is 0 Å². The Kier molecular flexibility index (Phi) is 18.0. The van der Waals surface area contributed by atoms with Gasteiger partial charge < -0.3 is 23.1 Å². The number of carbonyl (C=O) groups is 2. The first-order chi connectivity index (χ1) is 12.4. The number of benzene rings is 1. The molecule has 0 amide bonds. The fourth-order valence-electron chi connectivity index (χ4n) is 2.75. The van der Waals surface area contributed by atoms with E-state index < -0.39 is 11.9 Å². The topological polar surface area (TPSA) is 127 Å². The summed E-state index contributed by atoms with van der Waals surface area (Å²) in [6.45, 7) is 5.41. The Morgan fingerprint density at radius 1 is 0.889 bits per heavy atom. The van der Waals surface area contributed by atoms with E-state index in [0.29, 0.717) is 19.5 Å². The summed E-state index contributed by atoms with van der Waals surface area (Å²) < 4.78 is 0. The van der Waals surface area contributed by atoms with E-state index in [0.717, 1.165) is 56.1 Å².